The van der Waals surface area contributed by atoms with Gasteiger partial charge in [0.15, 0.2) is 0 Å². The molecule has 4 rings (SSSR count). The molecule has 0 aromatic heterocycles. The van der Waals surface area contributed by atoms with Gasteiger partial charge in [0.05, 0.1) is 0 Å². The third kappa shape index (κ3) is 1.99. The highest BCUT2D eigenvalue weighted by molar-refractivity contribution is 5.80. The molecule has 3 nitrogen and oxygen atoms in total. The van der Waals surface area contributed by atoms with Crippen molar-refractivity contribution in [2.75, 3.05) is 6.54 Å². The highest BCUT2D eigenvalue weighted by Crippen LogP contribution is 2.56. The highest BCUT2D eigenvalue weighted by atomic mass is 16.2. The number of amides is 1. The third-order valence-corrected chi connectivity index (χ3v) is 5.27. The lowest BCUT2D eigenvalue weighted by atomic mass is 9.51. The van der Waals surface area contributed by atoms with Crippen molar-refractivity contribution in [1.29, 1.82) is 0 Å². The topological polar surface area (TPSA) is 55.1 Å². The molecule has 0 spiro atoms. The molecule has 0 aliphatic heterocycles. The van der Waals surface area contributed by atoms with E-state index in [2.05, 4.69) is 5.32 Å². The fraction of sp³-hybridized carbons (Fsp3) is 0.929. The summed E-state index contributed by atoms with van der Waals surface area (Å²) in [6.07, 6.45) is 6.68. The molecule has 96 valence electrons. The smallest absolute Gasteiger partial charge is 0.223 e. The van der Waals surface area contributed by atoms with Crippen LogP contribution in [0.3, 0.4) is 0 Å². The Kier molecular flexibility index (Phi) is 2.89. The van der Waals surface area contributed by atoms with Crippen molar-refractivity contribution in [3.05, 3.63) is 0 Å². The summed E-state index contributed by atoms with van der Waals surface area (Å²) in [6.45, 7) is 2.53. The molecule has 4 saturated carbocycles. The summed E-state index contributed by atoms with van der Waals surface area (Å²) in [5, 5.41) is 3.09. The molecule has 3 N–H and O–H groups in total. The summed E-state index contributed by atoms with van der Waals surface area (Å²) in [5.74, 6) is 3.82. The SMILES string of the molecule is CC(CN)NC(=O)C1C2CC3CC(C2)CC1C3. The number of nitrogens with two attached hydrogens (primary N) is 1. The van der Waals surface area contributed by atoms with Crippen LogP contribution in [-0.4, -0.2) is 18.5 Å². The van der Waals surface area contributed by atoms with Crippen molar-refractivity contribution in [1.82, 2.24) is 5.32 Å². The maximum absolute atomic E-state index is 12.3. The van der Waals surface area contributed by atoms with Gasteiger partial charge in [-0.3, -0.25) is 4.79 Å². The van der Waals surface area contributed by atoms with Crippen LogP contribution in [-0.2, 0) is 4.79 Å². The molecule has 0 aromatic rings. The van der Waals surface area contributed by atoms with Crippen LogP contribution >= 0.6 is 0 Å². The van der Waals surface area contributed by atoms with Crippen LogP contribution < -0.4 is 11.1 Å². The maximum Gasteiger partial charge on any atom is 0.223 e. The van der Waals surface area contributed by atoms with E-state index in [1.54, 1.807) is 0 Å². The first-order valence-corrected chi connectivity index (χ1v) is 7.17. The third-order valence-electron chi connectivity index (χ3n) is 5.27. The number of carbonyl (C=O) groups is 1. The molecule has 0 heterocycles. The first-order chi connectivity index (χ1) is 8.17. The molecule has 1 atom stereocenters. The second-order valence-corrected chi connectivity index (χ2v) is 6.60. The van der Waals surface area contributed by atoms with E-state index in [0.29, 0.717) is 24.3 Å². The summed E-state index contributed by atoms with van der Waals surface area (Å²) in [4.78, 5) is 12.3. The van der Waals surface area contributed by atoms with Crippen molar-refractivity contribution in [3.63, 3.8) is 0 Å². The predicted octanol–water partition coefficient (Wildman–Crippen LogP) is 1.52. The van der Waals surface area contributed by atoms with Gasteiger partial charge in [-0.2, -0.15) is 0 Å². The average molecular weight is 236 g/mol. The lowest BCUT2D eigenvalue weighted by Gasteiger charge is -2.53. The molecule has 4 aliphatic carbocycles. The minimum Gasteiger partial charge on any atom is -0.352 e. The fourth-order valence-corrected chi connectivity index (χ4v) is 4.75. The molecule has 1 unspecified atom stereocenters. The Morgan fingerprint density at radius 3 is 2.18 bits per heavy atom. The minimum atomic E-state index is 0.125. The van der Waals surface area contributed by atoms with Crippen molar-refractivity contribution in [2.24, 2.45) is 35.3 Å². The van der Waals surface area contributed by atoms with Crippen LogP contribution in [0.1, 0.15) is 39.0 Å². The van der Waals surface area contributed by atoms with E-state index in [9.17, 15) is 4.79 Å². The number of nitrogens with one attached hydrogen (secondary N) is 1. The summed E-state index contributed by atoms with van der Waals surface area (Å²) >= 11 is 0. The second-order valence-electron chi connectivity index (χ2n) is 6.60. The first-order valence-electron chi connectivity index (χ1n) is 7.17. The Bertz CT molecular complexity index is 287. The lowest BCUT2D eigenvalue weighted by Crippen LogP contribution is -2.53. The minimum absolute atomic E-state index is 0.125. The molecule has 1 amide bonds. The molecule has 0 radical (unpaired) electrons. The standard InChI is InChI=1S/C14H24N2O/c1-8(7-15)16-14(17)13-11-3-9-2-10(5-11)6-12(13)4-9/h8-13H,2-7,15H2,1H3,(H,16,17). The maximum atomic E-state index is 12.3. The monoisotopic (exact) mass is 236 g/mol. The van der Waals surface area contributed by atoms with Gasteiger partial charge in [0.2, 0.25) is 5.91 Å². The number of hydrogen-bond acceptors (Lipinski definition) is 2. The normalized spacial score (nSPS) is 44.7. The average Bonchev–Trinajstić information content (AvgIpc) is 2.27. The van der Waals surface area contributed by atoms with E-state index in [0.717, 1.165) is 11.8 Å². The first kappa shape index (κ1) is 11.5. The Labute approximate surface area is 104 Å². The van der Waals surface area contributed by atoms with Crippen molar-refractivity contribution >= 4 is 5.91 Å². The fourth-order valence-electron chi connectivity index (χ4n) is 4.75. The van der Waals surface area contributed by atoms with E-state index in [4.69, 9.17) is 5.73 Å². The summed E-state index contributed by atoms with van der Waals surface area (Å²) in [7, 11) is 0. The molecule has 3 heteroatoms. The van der Waals surface area contributed by atoms with E-state index < -0.39 is 0 Å². The molecule has 4 bridgehead atoms. The highest BCUT2D eigenvalue weighted by Gasteiger charge is 2.50. The van der Waals surface area contributed by atoms with Crippen LogP contribution in [0.4, 0.5) is 0 Å². The van der Waals surface area contributed by atoms with Crippen LogP contribution in [0.2, 0.25) is 0 Å². The van der Waals surface area contributed by atoms with E-state index >= 15 is 0 Å². The van der Waals surface area contributed by atoms with Gasteiger partial charge in [-0.25, -0.2) is 0 Å². The lowest BCUT2D eigenvalue weighted by molar-refractivity contribution is -0.138. The molecular weight excluding hydrogens is 212 g/mol. The molecule has 4 aliphatic rings. The number of carbonyl (C=O) groups excluding carboxylic acids is 1. The summed E-state index contributed by atoms with van der Waals surface area (Å²) in [6, 6.07) is 0.125. The molecular formula is C14H24N2O. The van der Waals surface area contributed by atoms with E-state index in [-0.39, 0.29) is 11.9 Å². The zero-order chi connectivity index (χ0) is 12.0. The molecule has 0 aromatic carbocycles. The van der Waals surface area contributed by atoms with Gasteiger partial charge >= 0.3 is 0 Å². The predicted molar refractivity (Wildman–Crippen MR) is 67.2 cm³/mol. The Balaban J connectivity index is 1.69. The molecule has 0 saturated heterocycles. The van der Waals surface area contributed by atoms with Gasteiger partial charge < -0.3 is 11.1 Å². The van der Waals surface area contributed by atoms with Gasteiger partial charge in [-0.05, 0) is 62.7 Å². The molecule has 4 fully saturated rings. The Morgan fingerprint density at radius 2 is 1.71 bits per heavy atom. The zero-order valence-electron chi connectivity index (χ0n) is 10.7. The summed E-state index contributed by atoms with van der Waals surface area (Å²) in [5.41, 5.74) is 5.58. The van der Waals surface area contributed by atoms with Crippen molar-refractivity contribution in [2.45, 2.75) is 45.1 Å². The van der Waals surface area contributed by atoms with Gasteiger partial charge in [0.1, 0.15) is 0 Å². The van der Waals surface area contributed by atoms with Crippen LogP contribution in [0.15, 0.2) is 0 Å². The Hall–Kier alpha value is -0.570. The largest absolute Gasteiger partial charge is 0.352 e. The van der Waals surface area contributed by atoms with Gasteiger partial charge in [-0.15, -0.1) is 0 Å². The second kappa shape index (κ2) is 4.27. The quantitative estimate of drug-likeness (QED) is 0.780. The number of rotatable bonds is 3. The van der Waals surface area contributed by atoms with E-state index in [1.165, 1.54) is 32.1 Å². The zero-order valence-corrected chi connectivity index (χ0v) is 10.7. The van der Waals surface area contributed by atoms with Gasteiger partial charge in [0.25, 0.3) is 0 Å². The van der Waals surface area contributed by atoms with Crippen LogP contribution in [0.25, 0.3) is 0 Å². The number of hydrogen-bond donors (Lipinski definition) is 2. The van der Waals surface area contributed by atoms with Crippen LogP contribution in [0, 0.1) is 29.6 Å². The van der Waals surface area contributed by atoms with Crippen LogP contribution in [0.5, 0.6) is 0 Å². The molecule has 17 heavy (non-hydrogen) atoms. The van der Waals surface area contributed by atoms with E-state index in [1.807, 2.05) is 6.92 Å². The van der Waals surface area contributed by atoms with Crippen molar-refractivity contribution < 1.29 is 4.79 Å². The van der Waals surface area contributed by atoms with Gasteiger partial charge in [0, 0.05) is 18.5 Å². The van der Waals surface area contributed by atoms with Gasteiger partial charge in [-0.1, -0.05) is 0 Å². The summed E-state index contributed by atoms with van der Waals surface area (Å²) < 4.78 is 0. The Morgan fingerprint density at radius 1 is 1.18 bits per heavy atom. The van der Waals surface area contributed by atoms with Crippen molar-refractivity contribution in [3.8, 4) is 0 Å².